The van der Waals surface area contributed by atoms with Crippen LogP contribution in [0, 0.1) is 0 Å². The molecular formula is C6H9NO2S. The highest BCUT2D eigenvalue weighted by Gasteiger charge is 2.09. The van der Waals surface area contributed by atoms with Crippen LogP contribution in [0.3, 0.4) is 0 Å². The number of nitrogens with two attached hydrogens (primary N) is 1. The number of hydrogen-bond donors (Lipinski definition) is 3. The van der Waals surface area contributed by atoms with Crippen molar-refractivity contribution in [2.24, 2.45) is 5.73 Å². The van der Waals surface area contributed by atoms with Gasteiger partial charge in [0.05, 0.1) is 17.5 Å². The molecule has 1 aromatic rings. The summed E-state index contributed by atoms with van der Waals surface area (Å²) in [7, 11) is 0. The largest absolute Gasteiger partial charge is 0.507 e. The maximum absolute atomic E-state index is 9.07. The minimum atomic E-state index is -0.444. The number of thiophene rings is 1. The molecule has 0 spiro atoms. The second kappa shape index (κ2) is 3.01. The molecule has 0 radical (unpaired) electrons. The van der Waals surface area contributed by atoms with E-state index in [0.29, 0.717) is 4.88 Å². The third-order valence-corrected chi connectivity index (χ3v) is 2.24. The Bertz CT molecular complexity index is 211. The van der Waals surface area contributed by atoms with Crippen molar-refractivity contribution >= 4 is 11.3 Å². The van der Waals surface area contributed by atoms with Crippen LogP contribution < -0.4 is 5.73 Å². The van der Waals surface area contributed by atoms with Crippen molar-refractivity contribution in [1.29, 1.82) is 0 Å². The fourth-order valence-corrected chi connectivity index (χ4v) is 1.46. The van der Waals surface area contributed by atoms with Gasteiger partial charge < -0.3 is 15.9 Å². The summed E-state index contributed by atoms with van der Waals surface area (Å²) >= 11 is 1.35. The van der Waals surface area contributed by atoms with E-state index in [1.54, 1.807) is 11.4 Å². The molecule has 0 saturated heterocycles. The van der Waals surface area contributed by atoms with Crippen molar-refractivity contribution in [2.75, 3.05) is 6.61 Å². The third-order valence-electron chi connectivity index (χ3n) is 1.21. The predicted molar refractivity (Wildman–Crippen MR) is 40.0 cm³/mol. The highest BCUT2D eigenvalue weighted by atomic mass is 32.1. The lowest BCUT2D eigenvalue weighted by molar-refractivity contribution is 0.267. The van der Waals surface area contributed by atoms with E-state index in [-0.39, 0.29) is 12.4 Å². The van der Waals surface area contributed by atoms with E-state index in [1.165, 1.54) is 11.3 Å². The van der Waals surface area contributed by atoms with Gasteiger partial charge in [-0.3, -0.25) is 0 Å². The monoisotopic (exact) mass is 159 g/mol. The number of aliphatic hydroxyl groups is 1. The summed E-state index contributed by atoms with van der Waals surface area (Å²) in [4.78, 5) is 0.641. The van der Waals surface area contributed by atoms with Gasteiger partial charge in [-0.1, -0.05) is 0 Å². The lowest BCUT2D eigenvalue weighted by atomic mass is 10.2. The lowest BCUT2D eigenvalue weighted by Crippen LogP contribution is -2.12. The highest BCUT2D eigenvalue weighted by molar-refractivity contribution is 7.10. The van der Waals surface area contributed by atoms with Gasteiger partial charge >= 0.3 is 0 Å². The van der Waals surface area contributed by atoms with Crippen LogP contribution in [0.4, 0.5) is 0 Å². The molecule has 1 atom stereocenters. The van der Waals surface area contributed by atoms with Crippen molar-refractivity contribution in [3.63, 3.8) is 0 Å². The van der Waals surface area contributed by atoms with Crippen LogP contribution in [-0.2, 0) is 0 Å². The normalized spacial score (nSPS) is 13.4. The molecule has 10 heavy (non-hydrogen) atoms. The summed E-state index contributed by atoms with van der Waals surface area (Å²) in [6.45, 7) is -0.131. The van der Waals surface area contributed by atoms with E-state index < -0.39 is 6.04 Å². The smallest absolute Gasteiger partial charge is 0.131 e. The van der Waals surface area contributed by atoms with Crippen LogP contribution in [0.5, 0.6) is 5.75 Å². The molecule has 1 rings (SSSR count). The second-order valence-corrected chi connectivity index (χ2v) is 2.91. The summed E-state index contributed by atoms with van der Waals surface area (Å²) in [5.41, 5.74) is 5.44. The van der Waals surface area contributed by atoms with Crippen LogP contribution in [0.15, 0.2) is 11.4 Å². The summed E-state index contributed by atoms with van der Waals surface area (Å²) in [6, 6.07) is 1.12. The Balaban J connectivity index is 2.82. The van der Waals surface area contributed by atoms with E-state index in [2.05, 4.69) is 0 Å². The average Bonchev–Trinajstić information content (AvgIpc) is 2.34. The summed E-state index contributed by atoms with van der Waals surface area (Å²) < 4.78 is 0. The van der Waals surface area contributed by atoms with Gasteiger partial charge in [-0.2, -0.15) is 0 Å². The molecule has 1 heterocycles. The molecule has 3 nitrogen and oxygen atoms in total. The standard InChI is InChI=1S/C6H9NO2S/c7-4(3-8)6-5(9)1-2-10-6/h1-2,4,8-9H,3,7H2/t4-/m0/s1. The van der Waals surface area contributed by atoms with Gasteiger partial charge in [0.1, 0.15) is 5.75 Å². The van der Waals surface area contributed by atoms with Crippen LogP contribution in [0.2, 0.25) is 0 Å². The topological polar surface area (TPSA) is 66.5 Å². The van der Waals surface area contributed by atoms with Crippen molar-refractivity contribution in [2.45, 2.75) is 6.04 Å². The second-order valence-electron chi connectivity index (χ2n) is 1.96. The number of hydrogen-bond acceptors (Lipinski definition) is 4. The fourth-order valence-electron chi connectivity index (χ4n) is 0.675. The van der Waals surface area contributed by atoms with Crippen molar-refractivity contribution in [1.82, 2.24) is 0 Å². The molecule has 56 valence electrons. The Morgan fingerprint density at radius 3 is 2.80 bits per heavy atom. The minimum absolute atomic E-state index is 0.131. The molecule has 0 bridgehead atoms. The maximum atomic E-state index is 9.07. The zero-order valence-corrected chi connectivity index (χ0v) is 6.14. The Morgan fingerprint density at radius 1 is 1.70 bits per heavy atom. The molecule has 0 saturated carbocycles. The average molecular weight is 159 g/mol. The SMILES string of the molecule is N[C@@H](CO)c1sccc1O. The zero-order chi connectivity index (χ0) is 7.56. The van der Waals surface area contributed by atoms with Crippen molar-refractivity contribution < 1.29 is 10.2 Å². The molecule has 4 heteroatoms. The first-order valence-electron chi connectivity index (χ1n) is 2.88. The first-order valence-corrected chi connectivity index (χ1v) is 3.76. The number of aliphatic hydroxyl groups excluding tert-OH is 1. The first kappa shape index (κ1) is 7.53. The first-order chi connectivity index (χ1) is 4.75. The van der Waals surface area contributed by atoms with Crippen LogP contribution in [0.1, 0.15) is 10.9 Å². The molecule has 1 aromatic heterocycles. The fraction of sp³-hybridized carbons (Fsp3) is 0.333. The Labute approximate surface area is 62.7 Å². The highest BCUT2D eigenvalue weighted by Crippen LogP contribution is 2.27. The molecule has 0 aliphatic carbocycles. The van der Waals surface area contributed by atoms with Gasteiger partial charge in [-0.05, 0) is 11.4 Å². The van der Waals surface area contributed by atoms with E-state index in [1.807, 2.05) is 0 Å². The molecule has 0 aromatic carbocycles. The Hall–Kier alpha value is -0.580. The van der Waals surface area contributed by atoms with Gasteiger partial charge in [0.25, 0.3) is 0 Å². The quantitative estimate of drug-likeness (QED) is 0.586. The van der Waals surface area contributed by atoms with Crippen molar-refractivity contribution in [3.05, 3.63) is 16.3 Å². The van der Waals surface area contributed by atoms with Gasteiger partial charge in [-0.15, -0.1) is 11.3 Å². The van der Waals surface area contributed by atoms with E-state index in [0.717, 1.165) is 0 Å². The summed E-state index contributed by atoms with van der Waals surface area (Å²) in [6.07, 6.45) is 0. The molecule has 0 aliphatic heterocycles. The number of rotatable bonds is 2. The molecule has 4 N–H and O–H groups in total. The third kappa shape index (κ3) is 1.29. The van der Waals surface area contributed by atoms with E-state index in [4.69, 9.17) is 15.9 Å². The zero-order valence-electron chi connectivity index (χ0n) is 5.32. The summed E-state index contributed by atoms with van der Waals surface area (Å²) in [5.74, 6) is 0.173. The van der Waals surface area contributed by atoms with Gasteiger partial charge in [0, 0.05) is 0 Å². The summed E-state index contributed by atoms with van der Waals surface area (Å²) in [5, 5.41) is 19.4. The van der Waals surface area contributed by atoms with E-state index >= 15 is 0 Å². The van der Waals surface area contributed by atoms with Crippen molar-refractivity contribution in [3.8, 4) is 5.75 Å². The van der Waals surface area contributed by atoms with Crippen LogP contribution >= 0.6 is 11.3 Å². The number of aromatic hydroxyl groups is 1. The molecular weight excluding hydrogens is 150 g/mol. The lowest BCUT2D eigenvalue weighted by Gasteiger charge is -2.04. The van der Waals surface area contributed by atoms with Gasteiger partial charge in [0.2, 0.25) is 0 Å². The Kier molecular flexibility index (Phi) is 2.26. The van der Waals surface area contributed by atoms with E-state index in [9.17, 15) is 0 Å². The van der Waals surface area contributed by atoms with Gasteiger partial charge in [0.15, 0.2) is 0 Å². The molecule has 0 fully saturated rings. The molecule has 0 amide bonds. The molecule has 0 unspecified atom stereocenters. The van der Waals surface area contributed by atoms with Crippen LogP contribution in [-0.4, -0.2) is 16.8 Å². The minimum Gasteiger partial charge on any atom is -0.507 e. The van der Waals surface area contributed by atoms with Gasteiger partial charge in [-0.25, -0.2) is 0 Å². The van der Waals surface area contributed by atoms with Crippen LogP contribution in [0.25, 0.3) is 0 Å². The Morgan fingerprint density at radius 2 is 2.40 bits per heavy atom. The maximum Gasteiger partial charge on any atom is 0.131 e. The molecule has 0 aliphatic rings. The predicted octanol–water partition coefficient (Wildman–Crippen LogP) is 0.446.